The van der Waals surface area contributed by atoms with Crippen LogP contribution in [0.2, 0.25) is 5.02 Å². The second-order valence-corrected chi connectivity index (χ2v) is 6.04. The maximum atomic E-state index is 12.2. The molecule has 1 amide bonds. The van der Waals surface area contributed by atoms with Crippen LogP contribution in [0.5, 0.6) is 5.75 Å². The number of ether oxygens (including phenoxy) is 1. The van der Waals surface area contributed by atoms with Crippen molar-refractivity contribution in [3.05, 3.63) is 58.6 Å². The maximum absolute atomic E-state index is 12.2. The predicted molar refractivity (Wildman–Crippen MR) is 99.5 cm³/mol. The Hall–Kier alpha value is -3.06. The first kappa shape index (κ1) is 17.8. The molecule has 0 unspecified atom stereocenters. The molecule has 0 radical (unpaired) electrons. The molecule has 0 atom stereocenters. The molecule has 0 aliphatic carbocycles. The van der Waals surface area contributed by atoms with Gasteiger partial charge in [0.25, 0.3) is 5.91 Å². The smallest absolute Gasteiger partial charge is 0.275 e. The van der Waals surface area contributed by atoms with Crippen molar-refractivity contribution < 1.29 is 14.1 Å². The molecule has 0 saturated carbocycles. The summed E-state index contributed by atoms with van der Waals surface area (Å²) in [5.41, 5.74) is 2.64. The van der Waals surface area contributed by atoms with Crippen molar-refractivity contribution in [2.45, 2.75) is 13.8 Å². The van der Waals surface area contributed by atoms with Crippen LogP contribution in [0.25, 0.3) is 0 Å². The maximum Gasteiger partial charge on any atom is 0.275 e. The summed E-state index contributed by atoms with van der Waals surface area (Å²) in [6.07, 6.45) is 1.56. The van der Waals surface area contributed by atoms with Crippen LogP contribution < -0.4 is 15.4 Å². The number of nitrogens with one attached hydrogen (secondary N) is 2. The van der Waals surface area contributed by atoms with Gasteiger partial charge in [-0.3, -0.25) is 4.79 Å². The molecular weight excluding hydrogens is 356 g/mol. The highest BCUT2D eigenvalue weighted by Crippen LogP contribution is 2.32. The first-order valence-corrected chi connectivity index (χ1v) is 8.16. The number of aryl methyl sites for hydroxylation is 2. The van der Waals surface area contributed by atoms with Gasteiger partial charge in [0.2, 0.25) is 0 Å². The fourth-order valence-corrected chi connectivity index (χ4v) is 2.45. The second kappa shape index (κ2) is 7.45. The van der Waals surface area contributed by atoms with Crippen molar-refractivity contribution in [3.63, 3.8) is 0 Å². The van der Waals surface area contributed by atoms with Crippen LogP contribution in [0.15, 0.2) is 41.1 Å². The van der Waals surface area contributed by atoms with E-state index < -0.39 is 0 Å². The van der Waals surface area contributed by atoms with Crippen LogP contribution in [-0.2, 0) is 0 Å². The van der Waals surface area contributed by atoms with Crippen molar-refractivity contribution in [1.29, 1.82) is 0 Å². The molecule has 2 heterocycles. The van der Waals surface area contributed by atoms with E-state index in [0.29, 0.717) is 28.0 Å². The molecule has 3 aromatic rings. The Morgan fingerprint density at radius 3 is 2.65 bits per heavy atom. The van der Waals surface area contributed by atoms with E-state index in [1.807, 2.05) is 13.0 Å². The molecule has 1 aromatic carbocycles. The Labute approximate surface area is 155 Å². The average molecular weight is 373 g/mol. The normalized spacial score (nSPS) is 10.5. The van der Waals surface area contributed by atoms with Crippen molar-refractivity contribution in [2.75, 3.05) is 17.7 Å². The minimum atomic E-state index is -0.371. The minimum Gasteiger partial charge on any atom is -0.495 e. The molecule has 26 heavy (non-hydrogen) atoms. The summed E-state index contributed by atoms with van der Waals surface area (Å²) in [5, 5.41) is 10.2. The molecule has 3 rings (SSSR count). The monoisotopic (exact) mass is 372 g/mol. The SMILES string of the molecule is COc1cc(Cl)c(C)cc1Nc1ccc(C(=O)Nc2cc(C)on2)nc1. The van der Waals surface area contributed by atoms with E-state index in [4.69, 9.17) is 20.9 Å². The molecular formula is C18H17ClN4O3. The summed E-state index contributed by atoms with van der Waals surface area (Å²) >= 11 is 6.11. The van der Waals surface area contributed by atoms with Gasteiger partial charge in [0.1, 0.15) is 17.2 Å². The molecule has 0 bridgehead atoms. The summed E-state index contributed by atoms with van der Waals surface area (Å²) < 4.78 is 10.2. The van der Waals surface area contributed by atoms with Gasteiger partial charge in [-0.1, -0.05) is 16.8 Å². The van der Waals surface area contributed by atoms with E-state index >= 15 is 0 Å². The van der Waals surface area contributed by atoms with Gasteiger partial charge < -0.3 is 19.9 Å². The van der Waals surface area contributed by atoms with E-state index in [2.05, 4.69) is 20.8 Å². The summed E-state index contributed by atoms with van der Waals surface area (Å²) in [6.45, 7) is 3.65. The van der Waals surface area contributed by atoms with Crippen LogP contribution in [0.1, 0.15) is 21.8 Å². The van der Waals surface area contributed by atoms with Gasteiger partial charge in [-0.05, 0) is 37.6 Å². The van der Waals surface area contributed by atoms with Crippen LogP contribution >= 0.6 is 11.6 Å². The highest BCUT2D eigenvalue weighted by atomic mass is 35.5. The Morgan fingerprint density at radius 1 is 1.23 bits per heavy atom. The average Bonchev–Trinajstić information content (AvgIpc) is 3.03. The van der Waals surface area contributed by atoms with Gasteiger partial charge in [-0.2, -0.15) is 0 Å². The van der Waals surface area contributed by atoms with Gasteiger partial charge >= 0.3 is 0 Å². The highest BCUT2D eigenvalue weighted by molar-refractivity contribution is 6.31. The lowest BCUT2D eigenvalue weighted by Gasteiger charge is -2.13. The zero-order valence-corrected chi connectivity index (χ0v) is 15.2. The Kier molecular flexibility index (Phi) is 5.09. The number of anilines is 3. The number of carbonyl (C=O) groups is 1. The lowest BCUT2D eigenvalue weighted by atomic mass is 10.2. The third-order valence-corrected chi connectivity index (χ3v) is 4.03. The quantitative estimate of drug-likeness (QED) is 0.692. The third-order valence-electron chi connectivity index (χ3n) is 3.63. The van der Waals surface area contributed by atoms with Crippen LogP contribution in [0, 0.1) is 13.8 Å². The number of hydrogen-bond acceptors (Lipinski definition) is 6. The van der Waals surface area contributed by atoms with E-state index in [0.717, 1.165) is 11.3 Å². The topological polar surface area (TPSA) is 89.3 Å². The van der Waals surface area contributed by atoms with Crippen molar-refractivity contribution in [2.24, 2.45) is 0 Å². The fourth-order valence-electron chi connectivity index (χ4n) is 2.29. The number of aromatic nitrogens is 2. The third kappa shape index (κ3) is 3.94. The minimum absolute atomic E-state index is 0.260. The number of amides is 1. The van der Waals surface area contributed by atoms with Gasteiger partial charge in [-0.25, -0.2) is 4.98 Å². The molecule has 0 fully saturated rings. The number of benzene rings is 1. The molecule has 7 nitrogen and oxygen atoms in total. The number of methoxy groups -OCH3 is 1. The summed E-state index contributed by atoms with van der Waals surface area (Å²) in [6, 6.07) is 8.62. The van der Waals surface area contributed by atoms with Crippen molar-refractivity contribution in [3.8, 4) is 5.75 Å². The lowest BCUT2D eigenvalue weighted by molar-refractivity contribution is 0.102. The predicted octanol–water partition coefficient (Wildman–Crippen LogP) is 4.34. The number of hydrogen-bond donors (Lipinski definition) is 2. The van der Waals surface area contributed by atoms with Crippen LogP contribution in [-0.4, -0.2) is 23.2 Å². The first-order chi connectivity index (χ1) is 12.5. The standard InChI is InChI=1S/C18H17ClN4O3/c1-10-6-15(16(25-3)8-13(10)19)21-12-4-5-14(20-9-12)18(24)22-17-7-11(2)26-23-17/h4-9,21H,1-3H3,(H,22,23,24). The molecule has 8 heteroatoms. The number of pyridine rings is 1. The fraction of sp³-hybridized carbons (Fsp3) is 0.167. The van der Waals surface area contributed by atoms with Gasteiger partial charge in [-0.15, -0.1) is 0 Å². The van der Waals surface area contributed by atoms with Crippen LogP contribution in [0.4, 0.5) is 17.2 Å². The largest absolute Gasteiger partial charge is 0.495 e. The van der Waals surface area contributed by atoms with Gasteiger partial charge in [0, 0.05) is 17.2 Å². The van der Waals surface area contributed by atoms with E-state index in [1.54, 1.807) is 44.5 Å². The first-order valence-electron chi connectivity index (χ1n) is 7.78. The summed E-state index contributed by atoms with van der Waals surface area (Å²) in [4.78, 5) is 16.3. The number of carbonyl (C=O) groups excluding carboxylic acids is 1. The molecule has 0 spiro atoms. The lowest BCUT2D eigenvalue weighted by Crippen LogP contribution is -2.13. The second-order valence-electron chi connectivity index (χ2n) is 5.64. The Bertz CT molecular complexity index is 938. The highest BCUT2D eigenvalue weighted by Gasteiger charge is 2.11. The van der Waals surface area contributed by atoms with Gasteiger partial charge in [0.15, 0.2) is 5.82 Å². The molecule has 2 N–H and O–H groups in total. The van der Waals surface area contributed by atoms with Gasteiger partial charge in [0.05, 0.1) is 24.7 Å². The molecule has 0 aliphatic rings. The number of halogens is 1. The van der Waals surface area contributed by atoms with E-state index in [-0.39, 0.29) is 11.6 Å². The van der Waals surface area contributed by atoms with E-state index in [9.17, 15) is 4.79 Å². The van der Waals surface area contributed by atoms with E-state index in [1.165, 1.54) is 0 Å². The van der Waals surface area contributed by atoms with Crippen LogP contribution in [0.3, 0.4) is 0 Å². The Morgan fingerprint density at radius 2 is 2.04 bits per heavy atom. The molecule has 134 valence electrons. The van der Waals surface area contributed by atoms with Crippen molar-refractivity contribution in [1.82, 2.24) is 10.1 Å². The zero-order valence-electron chi connectivity index (χ0n) is 14.5. The summed E-state index contributed by atoms with van der Waals surface area (Å²) in [5.74, 6) is 1.20. The number of nitrogens with zero attached hydrogens (tertiary/aromatic N) is 2. The molecule has 2 aromatic heterocycles. The zero-order chi connectivity index (χ0) is 18.7. The molecule has 0 aliphatic heterocycles. The molecule has 0 saturated heterocycles. The van der Waals surface area contributed by atoms with Crippen molar-refractivity contribution >= 4 is 34.7 Å². The Balaban J connectivity index is 1.74. The number of rotatable bonds is 5. The summed E-state index contributed by atoms with van der Waals surface area (Å²) in [7, 11) is 1.57.